The van der Waals surface area contributed by atoms with E-state index in [2.05, 4.69) is 15.9 Å². The lowest BCUT2D eigenvalue weighted by molar-refractivity contribution is -0.137. The quantitative estimate of drug-likeness (QED) is 0.642. The number of hydrogen-bond donors (Lipinski definition) is 0. The second-order valence-electron chi connectivity index (χ2n) is 6.98. The molecule has 0 nitrogen and oxygen atoms in total. The van der Waals surface area contributed by atoms with Gasteiger partial charge in [-0.1, -0.05) is 28.1 Å². The van der Waals surface area contributed by atoms with Crippen molar-refractivity contribution in [1.82, 2.24) is 0 Å². The van der Waals surface area contributed by atoms with Crippen LogP contribution in [0.25, 0.3) is 0 Å². The van der Waals surface area contributed by atoms with E-state index < -0.39 is 11.7 Å². The summed E-state index contributed by atoms with van der Waals surface area (Å²) in [4.78, 5) is 0.424. The minimum atomic E-state index is -4.24. The van der Waals surface area contributed by atoms with Gasteiger partial charge in [-0.05, 0) is 73.0 Å². The number of benzene rings is 1. The van der Waals surface area contributed by atoms with E-state index in [1.54, 1.807) is 12.1 Å². The molecule has 0 amide bonds. The fourth-order valence-corrected chi connectivity index (χ4v) is 6.15. The molecule has 0 spiro atoms. The standard InChI is InChI=1S/C17H18BrF3/c18-13(16-14-10-3-4-11(8-10)15(14)16)7-9-1-5-12(6-2-9)17(19,20)21/h1-2,5-6,10-11,13-16H,3-4,7-8H2. The predicted octanol–water partition coefficient (Wildman–Crippen LogP) is 5.30. The first kappa shape index (κ1) is 14.1. The first-order valence-corrected chi connectivity index (χ1v) is 8.67. The molecule has 114 valence electrons. The number of fused-ring (bicyclic) bond motifs is 5. The maximum Gasteiger partial charge on any atom is 0.416 e. The first-order valence-electron chi connectivity index (χ1n) is 7.75. The van der Waals surface area contributed by atoms with Crippen LogP contribution in [0.4, 0.5) is 13.2 Å². The lowest BCUT2D eigenvalue weighted by Crippen LogP contribution is -2.13. The van der Waals surface area contributed by atoms with Crippen molar-refractivity contribution in [3.8, 4) is 0 Å². The number of alkyl halides is 4. The third-order valence-corrected chi connectivity index (χ3v) is 6.86. The normalized spacial score (nSPS) is 38.4. The van der Waals surface area contributed by atoms with Crippen LogP contribution in [0.3, 0.4) is 0 Å². The fraction of sp³-hybridized carbons (Fsp3) is 0.647. The predicted molar refractivity (Wildman–Crippen MR) is 79.2 cm³/mol. The SMILES string of the molecule is FC(F)(F)c1ccc(CC(Br)C2C3C4CCC(C4)C23)cc1. The van der Waals surface area contributed by atoms with Crippen LogP contribution in [0.5, 0.6) is 0 Å². The number of rotatable bonds is 3. The summed E-state index contributed by atoms with van der Waals surface area (Å²) in [5.74, 6) is 4.46. The number of halogens is 4. The van der Waals surface area contributed by atoms with E-state index in [-0.39, 0.29) is 0 Å². The topological polar surface area (TPSA) is 0 Å². The van der Waals surface area contributed by atoms with Gasteiger partial charge in [0, 0.05) is 4.83 Å². The summed E-state index contributed by atoms with van der Waals surface area (Å²) in [6.07, 6.45) is 0.852. The molecule has 3 aliphatic rings. The van der Waals surface area contributed by atoms with Gasteiger partial charge in [0.1, 0.15) is 0 Å². The van der Waals surface area contributed by atoms with Crippen molar-refractivity contribution in [2.45, 2.75) is 36.7 Å². The molecule has 0 radical (unpaired) electrons. The molecular weight excluding hydrogens is 341 g/mol. The van der Waals surface area contributed by atoms with Gasteiger partial charge in [-0.25, -0.2) is 0 Å². The van der Waals surface area contributed by atoms with Crippen LogP contribution < -0.4 is 0 Å². The average Bonchev–Trinajstić information content (AvgIpc) is 2.88. The fourth-order valence-electron chi connectivity index (χ4n) is 5.07. The molecule has 3 aliphatic carbocycles. The van der Waals surface area contributed by atoms with Crippen LogP contribution in [0.15, 0.2) is 24.3 Å². The Morgan fingerprint density at radius 1 is 1.05 bits per heavy atom. The Kier molecular flexibility index (Phi) is 3.18. The Hall–Kier alpha value is -0.510. The van der Waals surface area contributed by atoms with Crippen molar-refractivity contribution < 1.29 is 13.2 Å². The molecule has 0 N–H and O–H groups in total. The summed E-state index contributed by atoms with van der Waals surface area (Å²) >= 11 is 3.82. The average molecular weight is 359 g/mol. The molecule has 21 heavy (non-hydrogen) atoms. The van der Waals surface area contributed by atoms with E-state index in [9.17, 15) is 13.2 Å². The largest absolute Gasteiger partial charge is 0.416 e. The molecule has 1 aromatic carbocycles. The highest BCUT2D eigenvalue weighted by molar-refractivity contribution is 9.09. The van der Waals surface area contributed by atoms with Crippen molar-refractivity contribution in [2.75, 3.05) is 0 Å². The summed E-state index contributed by atoms with van der Waals surface area (Å²) < 4.78 is 37.7. The van der Waals surface area contributed by atoms with E-state index in [0.717, 1.165) is 41.6 Å². The highest BCUT2D eigenvalue weighted by Gasteiger charge is 2.66. The molecular formula is C17H18BrF3. The molecule has 5 unspecified atom stereocenters. The van der Waals surface area contributed by atoms with Crippen molar-refractivity contribution in [3.05, 3.63) is 35.4 Å². The van der Waals surface area contributed by atoms with Gasteiger partial charge in [0.05, 0.1) is 5.56 Å². The van der Waals surface area contributed by atoms with Gasteiger partial charge in [-0.15, -0.1) is 0 Å². The summed E-state index contributed by atoms with van der Waals surface area (Å²) in [6.45, 7) is 0. The molecule has 5 atom stereocenters. The van der Waals surface area contributed by atoms with Gasteiger partial charge >= 0.3 is 6.18 Å². The van der Waals surface area contributed by atoms with Gasteiger partial charge in [-0.3, -0.25) is 0 Å². The molecule has 0 aliphatic heterocycles. The van der Waals surface area contributed by atoms with E-state index in [4.69, 9.17) is 0 Å². The van der Waals surface area contributed by atoms with Gasteiger partial charge in [0.25, 0.3) is 0 Å². The maximum absolute atomic E-state index is 12.6. The van der Waals surface area contributed by atoms with Gasteiger partial charge in [0.15, 0.2) is 0 Å². The second-order valence-corrected chi connectivity index (χ2v) is 8.16. The Morgan fingerprint density at radius 3 is 2.14 bits per heavy atom. The monoisotopic (exact) mass is 358 g/mol. The Labute approximate surface area is 131 Å². The zero-order chi connectivity index (χ0) is 14.8. The molecule has 4 heteroatoms. The minimum absolute atomic E-state index is 0.424. The highest BCUT2D eigenvalue weighted by Crippen LogP contribution is 2.71. The summed E-state index contributed by atoms with van der Waals surface area (Å²) in [7, 11) is 0. The summed E-state index contributed by atoms with van der Waals surface area (Å²) in [5.41, 5.74) is 0.445. The Bertz CT molecular complexity index is 520. The third-order valence-electron chi connectivity index (χ3n) is 5.92. The molecule has 1 aromatic rings. The van der Waals surface area contributed by atoms with Crippen LogP contribution in [0.1, 0.15) is 30.4 Å². The van der Waals surface area contributed by atoms with Crippen molar-refractivity contribution in [1.29, 1.82) is 0 Å². The third kappa shape index (κ3) is 2.34. The Morgan fingerprint density at radius 2 is 1.62 bits per heavy atom. The van der Waals surface area contributed by atoms with E-state index in [1.165, 1.54) is 31.4 Å². The molecule has 0 aromatic heterocycles. The van der Waals surface area contributed by atoms with Crippen molar-refractivity contribution in [3.63, 3.8) is 0 Å². The van der Waals surface area contributed by atoms with Gasteiger partial charge in [-0.2, -0.15) is 13.2 Å². The smallest absolute Gasteiger partial charge is 0.166 e. The van der Waals surface area contributed by atoms with Crippen molar-refractivity contribution in [2.24, 2.45) is 29.6 Å². The van der Waals surface area contributed by atoms with Crippen LogP contribution in [0.2, 0.25) is 0 Å². The van der Waals surface area contributed by atoms with Crippen molar-refractivity contribution >= 4 is 15.9 Å². The molecule has 3 saturated carbocycles. The maximum atomic E-state index is 12.6. The lowest BCUT2D eigenvalue weighted by atomic mass is 9.97. The molecule has 0 heterocycles. The molecule has 3 fully saturated rings. The number of hydrogen-bond acceptors (Lipinski definition) is 0. The zero-order valence-corrected chi connectivity index (χ0v) is 13.2. The lowest BCUT2D eigenvalue weighted by Gasteiger charge is -2.15. The van der Waals surface area contributed by atoms with E-state index in [0.29, 0.717) is 4.83 Å². The van der Waals surface area contributed by atoms with Crippen LogP contribution in [-0.2, 0) is 12.6 Å². The first-order chi connectivity index (χ1) is 9.95. The Balaban J connectivity index is 1.40. The van der Waals surface area contributed by atoms with Gasteiger partial charge < -0.3 is 0 Å². The van der Waals surface area contributed by atoms with Crippen LogP contribution in [-0.4, -0.2) is 4.83 Å². The summed E-state index contributed by atoms with van der Waals surface area (Å²) in [6, 6.07) is 5.66. The summed E-state index contributed by atoms with van der Waals surface area (Å²) in [5, 5.41) is 0. The molecule has 4 rings (SSSR count). The van der Waals surface area contributed by atoms with E-state index in [1.807, 2.05) is 0 Å². The van der Waals surface area contributed by atoms with E-state index >= 15 is 0 Å². The molecule has 2 bridgehead atoms. The highest BCUT2D eigenvalue weighted by atomic mass is 79.9. The van der Waals surface area contributed by atoms with Crippen LogP contribution >= 0.6 is 15.9 Å². The van der Waals surface area contributed by atoms with Gasteiger partial charge in [0.2, 0.25) is 0 Å². The second kappa shape index (κ2) is 4.74. The molecule has 0 saturated heterocycles. The zero-order valence-electron chi connectivity index (χ0n) is 11.6. The van der Waals surface area contributed by atoms with Crippen LogP contribution in [0, 0.1) is 29.6 Å². The minimum Gasteiger partial charge on any atom is -0.166 e.